The van der Waals surface area contributed by atoms with Crippen LogP contribution in [0.1, 0.15) is 26.7 Å². The van der Waals surface area contributed by atoms with E-state index in [1.165, 1.54) is 7.11 Å². The zero-order valence-electron chi connectivity index (χ0n) is 10.4. The molecule has 0 saturated carbocycles. The van der Waals surface area contributed by atoms with E-state index in [1.54, 1.807) is 0 Å². The standard InChI is InChI=1S/C13H22O3/c1-10(2)7-8-12(6-5-9-14)11(3)13(15)16-4/h7-8,11-12,14H,1,5-6,9H2,2-4H3/b8-7+/t11-,12-/m1/s1. The predicted octanol–water partition coefficient (Wildman–Crippen LogP) is 2.32. The van der Waals surface area contributed by atoms with E-state index in [0.717, 1.165) is 12.0 Å². The third-order valence-electron chi connectivity index (χ3n) is 2.54. The van der Waals surface area contributed by atoms with E-state index in [4.69, 9.17) is 9.84 Å². The van der Waals surface area contributed by atoms with Crippen LogP contribution in [0.3, 0.4) is 0 Å². The maximum Gasteiger partial charge on any atom is 0.308 e. The van der Waals surface area contributed by atoms with Gasteiger partial charge in [0.25, 0.3) is 0 Å². The molecule has 92 valence electrons. The van der Waals surface area contributed by atoms with E-state index in [1.807, 2.05) is 26.0 Å². The fourth-order valence-electron chi connectivity index (χ4n) is 1.49. The van der Waals surface area contributed by atoms with Crippen molar-refractivity contribution >= 4 is 5.97 Å². The van der Waals surface area contributed by atoms with Gasteiger partial charge in [-0.25, -0.2) is 0 Å². The van der Waals surface area contributed by atoms with Gasteiger partial charge >= 0.3 is 5.97 Å². The Labute approximate surface area is 97.8 Å². The van der Waals surface area contributed by atoms with Gasteiger partial charge in [-0.15, -0.1) is 0 Å². The molecule has 0 saturated heterocycles. The van der Waals surface area contributed by atoms with Crippen LogP contribution in [-0.2, 0) is 9.53 Å². The SMILES string of the molecule is C=C(C)/C=C/[C@@H](CCCO)[C@@H](C)C(=O)OC. The number of hydrogen-bond donors (Lipinski definition) is 1. The molecule has 3 nitrogen and oxygen atoms in total. The molecule has 0 rings (SSSR count). The van der Waals surface area contributed by atoms with Crippen LogP contribution >= 0.6 is 0 Å². The van der Waals surface area contributed by atoms with E-state index in [0.29, 0.717) is 6.42 Å². The van der Waals surface area contributed by atoms with Gasteiger partial charge in [-0.3, -0.25) is 4.79 Å². The molecule has 0 radical (unpaired) electrons. The van der Waals surface area contributed by atoms with Gasteiger partial charge < -0.3 is 9.84 Å². The number of aliphatic hydroxyl groups is 1. The van der Waals surface area contributed by atoms with Crippen LogP contribution in [0.2, 0.25) is 0 Å². The molecule has 0 aromatic heterocycles. The van der Waals surface area contributed by atoms with Gasteiger partial charge in [-0.05, 0) is 25.7 Å². The lowest BCUT2D eigenvalue weighted by Gasteiger charge is -2.18. The zero-order chi connectivity index (χ0) is 12.6. The molecule has 0 aromatic rings. The Hall–Kier alpha value is -1.09. The van der Waals surface area contributed by atoms with Gasteiger partial charge in [0, 0.05) is 6.61 Å². The number of aliphatic hydroxyl groups excluding tert-OH is 1. The molecule has 0 heterocycles. The number of carbonyl (C=O) groups is 1. The summed E-state index contributed by atoms with van der Waals surface area (Å²) in [6.45, 7) is 7.67. The minimum absolute atomic E-state index is 0.0938. The molecule has 0 aliphatic heterocycles. The Morgan fingerprint density at radius 1 is 1.56 bits per heavy atom. The van der Waals surface area contributed by atoms with Crippen LogP contribution in [0.5, 0.6) is 0 Å². The van der Waals surface area contributed by atoms with E-state index in [-0.39, 0.29) is 24.4 Å². The van der Waals surface area contributed by atoms with Crippen molar-refractivity contribution in [3.63, 3.8) is 0 Å². The van der Waals surface area contributed by atoms with Gasteiger partial charge in [0.15, 0.2) is 0 Å². The quantitative estimate of drug-likeness (QED) is 0.535. The van der Waals surface area contributed by atoms with Crippen molar-refractivity contribution in [3.05, 3.63) is 24.3 Å². The van der Waals surface area contributed by atoms with Gasteiger partial charge in [-0.2, -0.15) is 0 Å². The van der Waals surface area contributed by atoms with Crippen molar-refractivity contribution in [3.8, 4) is 0 Å². The average molecular weight is 226 g/mol. The first kappa shape index (κ1) is 14.9. The van der Waals surface area contributed by atoms with Crippen molar-refractivity contribution < 1.29 is 14.6 Å². The number of methoxy groups -OCH3 is 1. The van der Waals surface area contributed by atoms with Crippen LogP contribution < -0.4 is 0 Å². The van der Waals surface area contributed by atoms with E-state index in [2.05, 4.69) is 6.58 Å². The number of allylic oxidation sites excluding steroid dienone is 3. The summed E-state index contributed by atoms with van der Waals surface area (Å²) < 4.78 is 4.72. The molecule has 0 spiro atoms. The molecule has 0 bridgehead atoms. The maximum atomic E-state index is 11.4. The molecule has 3 heteroatoms. The van der Waals surface area contributed by atoms with Crippen LogP contribution in [0.15, 0.2) is 24.3 Å². The molecule has 0 aromatic carbocycles. The van der Waals surface area contributed by atoms with Crippen molar-refractivity contribution in [2.24, 2.45) is 11.8 Å². The van der Waals surface area contributed by atoms with Gasteiger partial charge in [0.05, 0.1) is 13.0 Å². The first-order valence-electron chi connectivity index (χ1n) is 5.55. The normalized spacial score (nSPS) is 14.8. The third kappa shape index (κ3) is 5.71. The Morgan fingerprint density at radius 2 is 2.19 bits per heavy atom. The Kier molecular flexibility index (Phi) is 7.56. The molecule has 0 fully saturated rings. The molecule has 0 unspecified atom stereocenters. The predicted molar refractivity (Wildman–Crippen MR) is 64.9 cm³/mol. The van der Waals surface area contributed by atoms with Crippen molar-refractivity contribution in [2.45, 2.75) is 26.7 Å². The molecule has 16 heavy (non-hydrogen) atoms. The highest BCUT2D eigenvalue weighted by Crippen LogP contribution is 2.21. The lowest BCUT2D eigenvalue weighted by molar-refractivity contribution is -0.146. The Bertz CT molecular complexity index is 256. The second-order valence-corrected chi connectivity index (χ2v) is 4.05. The van der Waals surface area contributed by atoms with Crippen molar-refractivity contribution in [2.75, 3.05) is 13.7 Å². The van der Waals surface area contributed by atoms with Gasteiger partial charge in [0.1, 0.15) is 0 Å². The summed E-state index contributed by atoms with van der Waals surface area (Å²) in [4.78, 5) is 11.4. The highest BCUT2D eigenvalue weighted by molar-refractivity contribution is 5.72. The largest absolute Gasteiger partial charge is 0.469 e. The monoisotopic (exact) mass is 226 g/mol. The fraction of sp³-hybridized carbons (Fsp3) is 0.615. The van der Waals surface area contributed by atoms with Gasteiger partial charge in [0.2, 0.25) is 0 Å². The number of ether oxygens (including phenoxy) is 1. The first-order valence-corrected chi connectivity index (χ1v) is 5.55. The lowest BCUT2D eigenvalue weighted by Crippen LogP contribution is -2.21. The maximum absolute atomic E-state index is 11.4. The zero-order valence-corrected chi connectivity index (χ0v) is 10.4. The summed E-state index contributed by atoms with van der Waals surface area (Å²) >= 11 is 0. The Morgan fingerprint density at radius 3 is 2.62 bits per heavy atom. The summed E-state index contributed by atoms with van der Waals surface area (Å²) in [5.41, 5.74) is 0.950. The molecular formula is C13H22O3. The summed E-state index contributed by atoms with van der Waals surface area (Å²) in [6, 6.07) is 0. The second kappa shape index (κ2) is 8.11. The molecule has 1 N–H and O–H groups in total. The smallest absolute Gasteiger partial charge is 0.308 e. The molecule has 0 aliphatic carbocycles. The average Bonchev–Trinajstić information content (AvgIpc) is 2.27. The molecule has 0 amide bonds. The summed E-state index contributed by atoms with van der Waals surface area (Å²) in [5, 5.41) is 8.81. The van der Waals surface area contributed by atoms with E-state index < -0.39 is 0 Å². The van der Waals surface area contributed by atoms with Crippen molar-refractivity contribution in [1.82, 2.24) is 0 Å². The minimum atomic E-state index is -0.214. The topological polar surface area (TPSA) is 46.5 Å². The summed E-state index contributed by atoms with van der Waals surface area (Å²) in [6.07, 6.45) is 5.34. The number of esters is 1. The first-order chi connectivity index (χ1) is 7.52. The summed E-state index contributed by atoms with van der Waals surface area (Å²) in [5.74, 6) is -0.308. The van der Waals surface area contributed by atoms with Crippen LogP contribution in [-0.4, -0.2) is 24.8 Å². The molecule has 0 aliphatic rings. The highest BCUT2D eigenvalue weighted by atomic mass is 16.5. The molecular weight excluding hydrogens is 204 g/mol. The number of rotatable bonds is 7. The second-order valence-electron chi connectivity index (χ2n) is 4.05. The molecule has 2 atom stereocenters. The fourth-order valence-corrected chi connectivity index (χ4v) is 1.49. The Balaban J connectivity index is 4.51. The summed E-state index contributed by atoms with van der Waals surface area (Å²) in [7, 11) is 1.39. The minimum Gasteiger partial charge on any atom is -0.469 e. The third-order valence-corrected chi connectivity index (χ3v) is 2.54. The van der Waals surface area contributed by atoms with Crippen LogP contribution in [0, 0.1) is 11.8 Å². The highest BCUT2D eigenvalue weighted by Gasteiger charge is 2.21. The lowest BCUT2D eigenvalue weighted by atomic mass is 9.89. The van der Waals surface area contributed by atoms with Crippen molar-refractivity contribution in [1.29, 1.82) is 0 Å². The van der Waals surface area contributed by atoms with Crippen LogP contribution in [0.4, 0.5) is 0 Å². The number of carbonyl (C=O) groups excluding carboxylic acids is 1. The van der Waals surface area contributed by atoms with Crippen LogP contribution in [0.25, 0.3) is 0 Å². The van der Waals surface area contributed by atoms with E-state index >= 15 is 0 Å². The van der Waals surface area contributed by atoms with Gasteiger partial charge in [-0.1, -0.05) is 31.2 Å². The number of hydrogen-bond acceptors (Lipinski definition) is 3. The van der Waals surface area contributed by atoms with E-state index in [9.17, 15) is 4.79 Å².